The summed E-state index contributed by atoms with van der Waals surface area (Å²) in [5.41, 5.74) is 7.91. The summed E-state index contributed by atoms with van der Waals surface area (Å²) in [7, 11) is 1.65. The number of aromatic nitrogens is 1. The quantitative estimate of drug-likeness (QED) is 0.914. The van der Waals surface area contributed by atoms with E-state index in [4.69, 9.17) is 14.9 Å². The summed E-state index contributed by atoms with van der Waals surface area (Å²) in [5.74, 6) is 2.44. The van der Waals surface area contributed by atoms with Gasteiger partial charge in [-0.05, 0) is 30.5 Å². The van der Waals surface area contributed by atoms with E-state index in [2.05, 4.69) is 31.0 Å². The van der Waals surface area contributed by atoms with Gasteiger partial charge < -0.3 is 14.9 Å². The molecule has 0 aliphatic heterocycles. The average molecular weight is 260 g/mol. The van der Waals surface area contributed by atoms with Crippen LogP contribution in [0.5, 0.6) is 5.75 Å². The van der Waals surface area contributed by atoms with Gasteiger partial charge in [0.15, 0.2) is 5.76 Å². The molecule has 4 nitrogen and oxygen atoms in total. The number of rotatable bonds is 4. The van der Waals surface area contributed by atoms with Gasteiger partial charge in [0, 0.05) is 0 Å². The Morgan fingerprint density at radius 3 is 2.53 bits per heavy atom. The van der Waals surface area contributed by atoms with Crippen molar-refractivity contribution in [1.29, 1.82) is 0 Å². The van der Waals surface area contributed by atoms with E-state index in [1.165, 1.54) is 5.56 Å². The number of hydrogen-bond acceptors (Lipinski definition) is 4. The van der Waals surface area contributed by atoms with Gasteiger partial charge in [-0.25, -0.2) is 4.98 Å². The van der Waals surface area contributed by atoms with Gasteiger partial charge in [-0.15, -0.1) is 0 Å². The minimum absolute atomic E-state index is 0.215. The Labute approximate surface area is 113 Å². The highest BCUT2D eigenvalue weighted by Gasteiger charge is 2.15. The Hall–Kier alpha value is -1.81. The maximum absolute atomic E-state index is 5.77. The monoisotopic (exact) mass is 260 g/mol. The molecular weight excluding hydrogens is 240 g/mol. The third-order valence-corrected chi connectivity index (χ3v) is 3.07. The molecule has 0 spiro atoms. The van der Waals surface area contributed by atoms with Crippen molar-refractivity contribution < 1.29 is 9.15 Å². The average Bonchev–Trinajstić information content (AvgIpc) is 2.87. The van der Waals surface area contributed by atoms with Crippen molar-refractivity contribution in [2.75, 3.05) is 7.11 Å². The van der Waals surface area contributed by atoms with Crippen LogP contribution in [0.4, 0.5) is 0 Å². The molecule has 1 heterocycles. The van der Waals surface area contributed by atoms with Crippen LogP contribution in [0.15, 0.2) is 28.8 Å². The van der Waals surface area contributed by atoms with E-state index >= 15 is 0 Å². The molecule has 102 valence electrons. The first-order chi connectivity index (χ1) is 9.02. The first-order valence-electron chi connectivity index (χ1n) is 6.42. The lowest BCUT2D eigenvalue weighted by Crippen LogP contribution is -2.04. The molecule has 2 rings (SSSR count). The molecule has 1 unspecified atom stereocenters. The first-order valence-corrected chi connectivity index (χ1v) is 6.42. The van der Waals surface area contributed by atoms with Gasteiger partial charge in [-0.2, -0.15) is 0 Å². The second-order valence-electron chi connectivity index (χ2n) is 4.97. The number of nitrogens with two attached hydrogens (primary N) is 1. The van der Waals surface area contributed by atoms with Crippen LogP contribution in [0.3, 0.4) is 0 Å². The fourth-order valence-corrected chi connectivity index (χ4v) is 1.90. The van der Waals surface area contributed by atoms with E-state index < -0.39 is 0 Å². The second kappa shape index (κ2) is 5.45. The van der Waals surface area contributed by atoms with Crippen molar-refractivity contribution in [1.82, 2.24) is 4.98 Å². The Morgan fingerprint density at radius 1 is 1.26 bits per heavy atom. The number of ether oxygens (including phenoxy) is 1. The third kappa shape index (κ3) is 2.79. The highest BCUT2D eigenvalue weighted by Crippen LogP contribution is 2.33. The molecule has 0 aliphatic rings. The van der Waals surface area contributed by atoms with Crippen LogP contribution in [-0.4, -0.2) is 12.1 Å². The van der Waals surface area contributed by atoms with E-state index in [1.807, 2.05) is 13.0 Å². The van der Waals surface area contributed by atoms with Crippen molar-refractivity contribution in [3.8, 4) is 17.1 Å². The van der Waals surface area contributed by atoms with Crippen LogP contribution < -0.4 is 10.5 Å². The molecule has 0 aliphatic carbocycles. The summed E-state index contributed by atoms with van der Waals surface area (Å²) in [5, 5.41) is 0. The standard InChI is InChI=1S/C15H20N2O2/c1-9(2)11-5-6-13(18-4)12(7-11)14-8-17-15(19-14)10(3)16/h5-10H,16H2,1-4H3. The summed E-state index contributed by atoms with van der Waals surface area (Å²) < 4.78 is 11.1. The fourth-order valence-electron chi connectivity index (χ4n) is 1.90. The van der Waals surface area contributed by atoms with Crippen LogP contribution in [0.2, 0.25) is 0 Å². The minimum atomic E-state index is -0.215. The lowest BCUT2D eigenvalue weighted by Gasteiger charge is -2.11. The van der Waals surface area contributed by atoms with Crippen molar-refractivity contribution in [2.45, 2.75) is 32.7 Å². The Kier molecular flexibility index (Phi) is 3.90. The third-order valence-electron chi connectivity index (χ3n) is 3.07. The van der Waals surface area contributed by atoms with Crippen LogP contribution in [0.1, 0.15) is 44.2 Å². The first kappa shape index (κ1) is 13.6. The molecule has 0 saturated heterocycles. The molecule has 0 bridgehead atoms. The molecule has 4 heteroatoms. The van der Waals surface area contributed by atoms with Gasteiger partial charge in [0.25, 0.3) is 0 Å². The Balaban J connectivity index is 2.48. The number of nitrogens with zero attached hydrogens (tertiary/aromatic N) is 1. The lowest BCUT2D eigenvalue weighted by molar-refractivity contribution is 0.412. The van der Waals surface area contributed by atoms with Gasteiger partial charge in [0.05, 0.1) is 24.9 Å². The number of benzene rings is 1. The van der Waals surface area contributed by atoms with E-state index in [0.29, 0.717) is 17.6 Å². The van der Waals surface area contributed by atoms with Crippen molar-refractivity contribution in [3.63, 3.8) is 0 Å². The molecule has 1 atom stereocenters. The van der Waals surface area contributed by atoms with Gasteiger partial charge in [-0.3, -0.25) is 0 Å². The normalized spacial score (nSPS) is 12.7. The highest BCUT2D eigenvalue weighted by atomic mass is 16.5. The van der Waals surface area contributed by atoms with E-state index in [0.717, 1.165) is 11.3 Å². The zero-order chi connectivity index (χ0) is 14.0. The molecule has 2 N–H and O–H groups in total. The predicted octanol–water partition coefficient (Wildman–Crippen LogP) is 3.49. The predicted molar refractivity (Wildman–Crippen MR) is 75.2 cm³/mol. The van der Waals surface area contributed by atoms with Gasteiger partial charge >= 0.3 is 0 Å². The van der Waals surface area contributed by atoms with Gasteiger partial charge in [0.2, 0.25) is 5.89 Å². The largest absolute Gasteiger partial charge is 0.496 e. The topological polar surface area (TPSA) is 61.3 Å². The van der Waals surface area contributed by atoms with Crippen molar-refractivity contribution >= 4 is 0 Å². The van der Waals surface area contributed by atoms with Crippen LogP contribution in [-0.2, 0) is 0 Å². The van der Waals surface area contributed by atoms with Crippen LogP contribution in [0, 0.1) is 0 Å². The summed E-state index contributed by atoms with van der Waals surface area (Å²) in [6, 6.07) is 5.89. The number of methoxy groups -OCH3 is 1. The zero-order valence-electron chi connectivity index (χ0n) is 11.8. The molecular formula is C15H20N2O2. The SMILES string of the molecule is COc1ccc(C(C)C)cc1-c1cnc(C(C)N)o1. The Morgan fingerprint density at radius 2 is 2.00 bits per heavy atom. The summed E-state index contributed by atoms with van der Waals surface area (Å²) in [6.07, 6.45) is 1.70. The van der Waals surface area contributed by atoms with Crippen molar-refractivity contribution in [3.05, 3.63) is 35.9 Å². The summed E-state index contributed by atoms with van der Waals surface area (Å²) in [6.45, 7) is 6.15. The fraction of sp³-hybridized carbons (Fsp3) is 0.400. The zero-order valence-corrected chi connectivity index (χ0v) is 11.8. The molecule has 0 fully saturated rings. The van der Waals surface area contributed by atoms with Crippen molar-refractivity contribution in [2.24, 2.45) is 5.73 Å². The van der Waals surface area contributed by atoms with Crippen LogP contribution >= 0.6 is 0 Å². The highest BCUT2D eigenvalue weighted by molar-refractivity contribution is 5.66. The van der Waals surface area contributed by atoms with E-state index in [9.17, 15) is 0 Å². The molecule has 0 amide bonds. The molecule has 0 radical (unpaired) electrons. The number of oxazole rings is 1. The Bertz CT molecular complexity index is 559. The lowest BCUT2D eigenvalue weighted by atomic mass is 9.99. The molecule has 19 heavy (non-hydrogen) atoms. The van der Waals surface area contributed by atoms with Gasteiger partial charge in [0.1, 0.15) is 5.75 Å². The molecule has 2 aromatic rings. The summed E-state index contributed by atoms with van der Waals surface area (Å²) >= 11 is 0. The second-order valence-corrected chi connectivity index (χ2v) is 4.97. The molecule has 1 aromatic carbocycles. The molecule has 1 aromatic heterocycles. The number of hydrogen-bond donors (Lipinski definition) is 1. The summed E-state index contributed by atoms with van der Waals surface area (Å²) in [4.78, 5) is 4.19. The van der Waals surface area contributed by atoms with E-state index in [1.54, 1.807) is 13.3 Å². The van der Waals surface area contributed by atoms with Crippen LogP contribution in [0.25, 0.3) is 11.3 Å². The van der Waals surface area contributed by atoms with E-state index in [-0.39, 0.29) is 6.04 Å². The smallest absolute Gasteiger partial charge is 0.211 e. The minimum Gasteiger partial charge on any atom is -0.496 e. The van der Waals surface area contributed by atoms with Gasteiger partial charge in [-0.1, -0.05) is 19.9 Å². The molecule has 0 saturated carbocycles. The maximum atomic E-state index is 5.77. The maximum Gasteiger partial charge on any atom is 0.211 e.